The molecule has 0 bridgehead atoms. The number of hydrogen-bond acceptors (Lipinski definition) is 2. The number of ether oxygens (including phenoxy) is 1. The first-order chi connectivity index (χ1) is 11.5. The first kappa shape index (κ1) is 16.7. The maximum absolute atomic E-state index is 10.6. The number of benzene rings is 2. The molecule has 0 aliphatic carbocycles. The van der Waals surface area contributed by atoms with Gasteiger partial charge in [-0.1, -0.05) is 29.8 Å². The third-order valence-corrected chi connectivity index (χ3v) is 4.57. The van der Waals surface area contributed by atoms with Gasteiger partial charge in [0.05, 0.1) is 0 Å². The highest BCUT2D eigenvalue weighted by Crippen LogP contribution is 2.43. The van der Waals surface area contributed by atoms with Crippen molar-refractivity contribution < 1.29 is 14.6 Å². The third-order valence-electron chi connectivity index (χ3n) is 4.36. The maximum Gasteiger partial charge on any atom is 0.404 e. The maximum atomic E-state index is 10.6. The van der Waals surface area contributed by atoms with Crippen LogP contribution in [0.15, 0.2) is 30.3 Å². The van der Waals surface area contributed by atoms with Crippen molar-refractivity contribution in [2.45, 2.75) is 32.8 Å². The molecule has 1 amide bonds. The smallest absolute Gasteiger partial charge is 0.404 e. The van der Waals surface area contributed by atoms with E-state index in [2.05, 4.69) is 31.3 Å². The molecule has 2 aromatic carbocycles. The minimum atomic E-state index is -1.01. The fraction of sp³-hybridized carbons (Fsp3) is 0.316. The Hall–Kier alpha value is -2.20. The summed E-state index contributed by atoms with van der Waals surface area (Å²) in [6, 6.07) is 10.1. The number of nitrogens with one attached hydrogen (secondary N) is 1. The van der Waals surface area contributed by atoms with E-state index < -0.39 is 6.09 Å². The molecule has 0 saturated carbocycles. The van der Waals surface area contributed by atoms with E-state index in [0.717, 1.165) is 28.9 Å². The summed E-state index contributed by atoms with van der Waals surface area (Å²) >= 11 is 6.33. The molecule has 24 heavy (non-hydrogen) atoms. The van der Waals surface area contributed by atoms with Crippen molar-refractivity contribution in [3.8, 4) is 16.9 Å². The van der Waals surface area contributed by atoms with Crippen molar-refractivity contribution in [1.82, 2.24) is 5.32 Å². The highest BCUT2D eigenvalue weighted by molar-refractivity contribution is 6.31. The Bertz CT molecular complexity index is 768. The fourth-order valence-electron chi connectivity index (χ4n) is 3.32. The van der Waals surface area contributed by atoms with Crippen LogP contribution in [0.5, 0.6) is 5.75 Å². The summed E-state index contributed by atoms with van der Waals surface area (Å²) in [5.74, 6) is 0.872. The van der Waals surface area contributed by atoms with Crippen molar-refractivity contribution >= 4 is 17.7 Å². The number of rotatable bonds is 4. The number of amides is 1. The summed E-state index contributed by atoms with van der Waals surface area (Å²) in [5, 5.41) is 11.8. The summed E-state index contributed by atoms with van der Waals surface area (Å²) < 4.78 is 6.15. The van der Waals surface area contributed by atoms with Crippen LogP contribution < -0.4 is 10.1 Å². The van der Waals surface area contributed by atoms with Crippen LogP contribution in [0.25, 0.3) is 11.1 Å². The van der Waals surface area contributed by atoms with Gasteiger partial charge in [-0.25, -0.2) is 4.79 Å². The van der Waals surface area contributed by atoms with E-state index in [-0.39, 0.29) is 6.10 Å². The van der Waals surface area contributed by atoms with Gasteiger partial charge in [0.25, 0.3) is 0 Å². The monoisotopic (exact) mass is 345 g/mol. The van der Waals surface area contributed by atoms with Crippen molar-refractivity contribution in [3.05, 3.63) is 52.0 Å². The quantitative estimate of drug-likeness (QED) is 0.852. The molecular weight excluding hydrogens is 326 g/mol. The van der Waals surface area contributed by atoms with Gasteiger partial charge in [-0.2, -0.15) is 0 Å². The topological polar surface area (TPSA) is 58.6 Å². The lowest BCUT2D eigenvalue weighted by molar-refractivity contribution is 0.188. The zero-order chi connectivity index (χ0) is 17.3. The van der Waals surface area contributed by atoms with E-state index >= 15 is 0 Å². The van der Waals surface area contributed by atoms with E-state index in [1.165, 1.54) is 11.1 Å². The van der Waals surface area contributed by atoms with Crippen LogP contribution in [0.2, 0.25) is 5.02 Å². The van der Waals surface area contributed by atoms with Gasteiger partial charge in [-0.15, -0.1) is 0 Å². The predicted octanol–water partition coefficient (Wildman–Crippen LogP) is 4.59. The van der Waals surface area contributed by atoms with Crippen LogP contribution >= 0.6 is 11.6 Å². The molecule has 4 nitrogen and oxygen atoms in total. The lowest BCUT2D eigenvalue weighted by atomic mass is 9.93. The van der Waals surface area contributed by atoms with Crippen LogP contribution in [-0.2, 0) is 6.42 Å². The first-order valence-corrected chi connectivity index (χ1v) is 8.36. The Kier molecular flexibility index (Phi) is 4.67. The number of carboxylic acid groups (broad SMARTS) is 1. The third kappa shape index (κ3) is 3.34. The number of fused-ring (bicyclic) bond motifs is 1. The molecule has 5 heteroatoms. The minimum absolute atomic E-state index is 0.0339. The zero-order valence-corrected chi connectivity index (χ0v) is 14.5. The summed E-state index contributed by atoms with van der Waals surface area (Å²) in [4.78, 5) is 10.6. The molecule has 1 heterocycles. The Morgan fingerprint density at radius 2 is 2.04 bits per heavy atom. The lowest BCUT2D eigenvalue weighted by Crippen LogP contribution is -2.26. The van der Waals surface area contributed by atoms with Gasteiger partial charge >= 0.3 is 6.09 Å². The minimum Gasteiger partial charge on any atom is -0.489 e. The second-order valence-electron chi connectivity index (χ2n) is 6.17. The van der Waals surface area contributed by atoms with Crippen molar-refractivity contribution in [2.75, 3.05) is 6.54 Å². The van der Waals surface area contributed by atoms with Crippen LogP contribution in [0, 0.1) is 13.8 Å². The van der Waals surface area contributed by atoms with Crippen molar-refractivity contribution in [2.24, 2.45) is 0 Å². The van der Waals surface area contributed by atoms with Crippen LogP contribution in [0.1, 0.15) is 23.1 Å². The molecule has 0 fully saturated rings. The van der Waals surface area contributed by atoms with Crippen LogP contribution in [0.4, 0.5) is 4.79 Å². The largest absolute Gasteiger partial charge is 0.489 e. The average Bonchev–Trinajstić information content (AvgIpc) is 2.89. The number of halogens is 1. The summed E-state index contributed by atoms with van der Waals surface area (Å²) in [6.07, 6.45) is 0.332. The fourth-order valence-corrected chi connectivity index (χ4v) is 3.56. The molecular formula is C19H20ClNO3. The van der Waals surface area contributed by atoms with Gasteiger partial charge in [-0.3, -0.25) is 0 Å². The SMILES string of the molecule is Cc1cccc(C)c1-c1cc(Cl)cc2c1OC(CCNC(=O)O)C2. The normalized spacial score (nSPS) is 15.7. The van der Waals surface area contributed by atoms with E-state index in [0.29, 0.717) is 18.0 Å². The predicted molar refractivity (Wildman–Crippen MR) is 95.1 cm³/mol. The van der Waals surface area contributed by atoms with E-state index in [9.17, 15) is 4.79 Å². The van der Waals surface area contributed by atoms with E-state index in [1.807, 2.05) is 18.2 Å². The second-order valence-corrected chi connectivity index (χ2v) is 6.61. The van der Waals surface area contributed by atoms with Gasteiger partial charge in [0.1, 0.15) is 11.9 Å². The van der Waals surface area contributed by atoms with Gasteiger partial charge in [0.15, 0.2) is 0 Å². The molecule has 1 aliphatic rings. The Morgan fingerprint density at radius 3 is 2.71 bits per heavy atom. The van der Waals surface area contributed by atoms with Gasteiger partial charge < -0.3 is 15.2 Å². The van der Waals surface area contributed by atoms with Gasteiger partial charge in [0, 0.05) is 30.0 Å². The number of hydrogen-bond donors (Lipinski definition) is 2. The molecule has 0 saturated heterocycles. The standard InChI is InChI=1S/C19H20ClNO3/c1-11-4-3-5-12(2)17(11)16-10-14(20)8-13-9-15(24-18(13)16)6-7-21-19(22)23/h3-5,8,10,15,21H,6-7,9H2,1-2H3,(H,22,23). The molecule has 2 N–H and O–H groups in total. The van der Waals surface area contributed by atoms with E-state index in [1.54, 1.807) is 0 Å². The second kappa shape index (κ2) is 6.73. The number of aryl methyl sites for hydroxylation is 2. The first-order valence-electron chi connectivity index (χ1n) is 7.98. The number of carbonyl (C=O) groups is 1. The van der Waals surface area contributed by atoms with Crippen LogP contribution in [-0.4, -0.2) is 23.8 Å². The Balaban J connectivity index is 1.92. The molecule has 0 spiro atoms. The molecule has 126 valence electrons. The Labute approximate surface area is 146 Å². The molecule has 0 aromatic heterocycles. The molecule has 1 aliphatic heterocycles. The zero-order valence-electron chi connectivity index (χ0n) is 13.7. The van der Waals surface area contributed by atoms with Crippen molar-refractivity contribution in [3.63, 3.8) is 0 Å². The highest BCUT2D eigenvalue weighted by Gasteiger charge is 2.27. The molecule has 3 rings (SSSR count). The lowest BCUT2D eigenvalue weighted by Gasteiger charge is -2.16. The van der Waals surface area contributed by atoms with E-state index in [4.69, 9.17) is 21.4 Å². The van der Waals surface area contributed by atoms with Gasteiger partial charge in [-0.05, 0) is 48.2 Å². The Morgan fingerprint density at radius 1 is 1.33 bits per heavy atom. The van der Waals surface area contributed by atoms with Crippen molar-refractivity contribution in [1.29, 1.82) is 0 Å². The molecule has 1 unspecified atom stereocenters. The summed E-state index contributed by atoms with van der Waals surface area (Å²) in [5.41, 5.74) is 5.61. The summed E-state index contributed by atoms with van der Waals surface area (Å²) in [6.45, 7) is 4.54. The average molecular weight is 346 g/mol. The molecule has 1 atom stereocenters. The van der Waals surface area contributed by atoms with Gasteiger partial charge in [0.2, 0.25) is 0 Å². The molecule has 2 aromatic rings. The summed E-state index contributed by atoms with van der Waals surface area (Å²) in [7, 11) is 0. The molecule has 0 radical (unpaired) electrons. The highest BCUT2D eigenvalue weighted by atomic mass is 35.5. The van der Waals surface area contributed by atoms with Crippen LogP contribution in [0.3, 0.4) is 0 Å².